The number of rotatable bonds is 7. The first-order chi connectivity index (χ1) is 8.42. The van der Waals surface area contributed by atoms with Gasteiger partial charge in [-0.25, -0.2) is 8.42 Å². The number of ether oxygens (including phenoxy) is 1. The maximum Gasteiger partial charge on any atom is 0.150 e. The van der Waals surface area contributed by atoms with Crippen LogP contribution in [-0.2, 0) is 9.84 Å². The first-order valence-corrected chi connectivity index (χ1v) is 8.12. The van der Waals surface area contributed by atoms with E-state index >= 15 is 0 Å². The van der Waals surface area contributed by atoms with E-state index in [1.54, 1.807) is 0 Å². The van der Waals surface area contributed by atoms with Crippen LogP contribution in [0.3, 0.4) is 0 Å². The quantitative estimate of drug-likeness (QED) is 0.821. The SMILES string of the molecule is CCNC(C)c1ccc(OCCS(C)(=O)=O)cc1. The van der Waals surface area contributed by atoms with Crippen LogP contribution >= 0.6 is 0 Å². The third-order valence-corrected chi connectivity index (χ3v) is 3.52. The van der Waals surface area contributed by atoms with E-state index in [9.17, 15) is 8.42 Å². The summed E-state index contributed by atoms with van der Waals surface area (Å²) in [6, 6.07) is 8.02. The number of hydrogen-bond donors (Lipinski definition) is 1. The van der Waals surface area contributed by atoms with Gasteiger partial charge in [0, 0.05) is 12.3 Å². The standard InChI is InChI=1S/C13H21NO3S/c1-4-14-11(2)12-5-7-13(8-6-12)17-9-10-18(3,15)16/h5-8,11,14H,4,9-10H2,1-3H3. The Labute approximate surface area is 109 Å². The van der Waals surface area contributed by atoms with Crippen molar-refractivity contribution in [2.75, 3.05) is 25.2 Å². The summed E-state index contributed by atoms with van der Waals surface area (Å²) in [5, 5.41) is 3.32. The zero-order chi connectivity index (χ0) is 13.6. The zero-order valence-electron chi connectivity index (χ0n) is 11.1. The fraction of sp³-hybridized carbons (Fsp3) is 0.538. The Bertz CT molecular complexity index is 454. The third kappa shape index (κ3) is 5.51. The monoisotopic (exact) mass is 271 g/mol. The van der Waals surface area contributed by atoms with Crippen molar-refractivity contribution in [2.24, 2.45) is 0 Å². The van der Waals surface area contributed by atoms with E-state index in [-0.39, 0.29) is 12.4 Å². The van der Waals surface area contributed by atoms with Gasteiger partial charge in [-0.05, 0) is 31.2 Å². The molecule has 0 saturated heterocycles. The fourth-order valence-corrected chi connectivity index (χ4v) is 1.97. The molecule has 1 N–H and O–H groups in total. The Hall–Kier alpha value is -1.07. The number of sulfone groups is 1. The lowest BCUT2D eigenvalue weighted by atomic mass is 10.1. The smallest absolute Gasteiger partial charge is 0.150 e. The maximum absolute atomic E-state index is 10.9. The highest BCUT2D eigenvalue weighted by Crippen LogP contribution is 2.17. The molecule has 1 aromatic carbocycles. The summed E-state index contributed by atoms with van der Waals surface area (Å²) in [7, 11) is -2.96. The Kier molecular flexibility index (Phi) is 5.62. The van der Waals surface area contributed by atoms with Crippen LogP contribution in [-0.4, -0.2) is 33.6 Å². The van der Waals surface area contributed by atoms with Crippen molar-refractivity contribution in [3.8, 4) is 5.75 Å². The van der Waals surface area contributed by atoms with E-state index in [1.807, 2.05) is 24.3 Å². The molecule has 0 aliphatic carbocycles. The molecule has 0 aliphatic heterocycles. The molecule has 18 heavy (non-hydrogen) atoms. The van der Waals surface area contributed by atoms with Crippen molar-refractivity contribution in [1.29, 1.82) is 0 Å². The highest BCUT2D eigenvalue weighted by molar-refractivity contribution is 7.90. The van der Waals surface area contributed by atoms with Crippen LogP contribution in [0.25, 0.3) is 0 Å². The van der Waals surface area contributed by atoms with Crippen molar-refractivity contribution >= 4 is 9.84 Å². The summed E-state index contributed by atoms with van der Waals surface area (Å²) >= 11 is 0. The van der Waals surface area contributed by atoms with Gasteiger partial charge < -0.3 is 10.1 Å². The van der Waals surface area contributed by atoms with E-state index in [1.165, 1.54) is 11.8 Å². The zero-order valence-corrected chi connectivity index (χ0v) is 12.0. The topological polar surface area (TPSA) is 55.4 Å². The highest BCUT2D eigenvalue weighted by atomic mass is 32.2. The molecular weight excluding hydrogens is 250 g/mol. The van der Waals surface area contributed by atoms with Crippen molar-refractivity contribution in [2.45, 2.75) is 19.9 Å². The average molecular weight is 271 g/mol. The second-order valence-electron chi connectivity index (χ2n) is 4.33. The van der Waals surface area contributed by atoms with Crippen LogP contribution in [0.5, 0.6) is 5.75 Å². The summed E-state index contributed by atoms with van der Waals surface area (Å²) in [4.78, 5) is 0. The molecule has 0 saturated carbocycles. The maximum atomic E-state index is 10.9. The molecule has 0 amide bonds. The summed E-state index contributed by atoms with van der Waals surface area (Å²) in [6.45, 7) is 5.29. The summed E-state index contributed by atoms with van der Waals surface area (Å²) < 4.78 is 27.3. The van der Waals surface area contributed by atoms with Gasteiger partial charge in [0.2, 0.25) is 0 Å². The lowest BCUT2D eigenvalue weighted by Gasteiger charge is -2.13. The van der Waals surface area contributed by atoms with Crippen LogP contribution in [0, 0.1) is 0 Å². The molecule has 102 valence electrons. The molecule has 1 atom stereocenters. The van der Waals surface area contributed by atoms with Gasteiger partial charge in [0.1, 0.15) is 12.4 Å². The Morgan fingerprint density at radius 1 is 1.28 bits per heavy atom. The molecule has 0 fully saturated rings. The summed E-state index contributed by atoms with van der Waals surface area (Å²) in [5.74, 6) is 0.744. The minimum atomic E-state index is -2.96. The molecule has 0 aromatic heterocycles. The molecule has 0 radical (unpaired) electrons. The van der Waals surface area contributed by atoms with E-state index in [4.69, 9.17) is 4.74 Å². The van der Waals surface area contributed by atoms with Crippen LogP contribution < -0.4 is 10.1 Å². The van der Waals surface area contributed by atoms with Crippen molar-refractivity contribution < 1.29 is 13.2 Å². The van der Waals surface area contributed by atoms with Crippen LogP contribution in [0.4, 0.5) is 0 Å². The third-order valence-electron chi connectivity index (χ3n) is 2.61. The molecule has 1 aromatic rings. The Morgan fingerprint density at radius 3 is 2.39 bits per heavy atom. The van der Waals surface area contributed by atoms with Gasteiger partial charge in [-0.15, -0.1) is 0 Å². The average Bonchev–Trinajstić information content (AvgIpc) is 2.28. The molecule has 1 rings (SSSR count). The minimum Gasteiger partial charge on any atom is -0.493 e. The number of nitrogens with one attached hydrogen (secondary N) is 1. The van der Waals surface area contributed by atoms with Gasteiger partial charge in [-0.1, -0.05) is 19.1 Å². The summed E-state index contributed by atoms with van der Waals surface area (Å²) in [5.41, 5.74) is 1.19. The first kappa shape index (κ1) is 15.0. The van der Waals surface area contributed by atoms with E-state index < -0.39 is 9.84 Å². The fourth-order valence-electron chi connectivity index (χ4n) is 1.59. The van der Waals surface area contributed by atoms with Gasteiger partial charge >= 0.3 is 0 Å². The van der Waals surface area contributed by atoms with E-state index in [2.05, 4.69) is 19.2 Å². The van der Waals surface area contributed by atoms with Gasteiger partial charge in [0.25, 0.3) is 0 Å². The normalized spacial score (nSPS) is 13.3. The van der Waals surface area contributed by atoms with Crippen molar-refractivity contribution in [1.82, 2.24) is 5.32 Å². The van der Waals surface area contributed by atoms with Gasteiger partial charge in [-0.2, -0.15) is 0 Å². The molecule has 0 spiro atoms. The largest absolute Gasteiger partial charge is 0.493 e. The van der Waals surface area contributed by atoms with E-state index in [0.717, 1.165) is 6.54 Å². The summed E-state index contributed by atoms with van der Waals surface area (Å²) in [6.07, 6.45) is 1.21. The van der Waals surface area contributed by atoms with Crippen molar-refractivity contribution in [3.05, 3.63) is 29.8 Å². The van der Waals surface area contributed by atoms with Crippen molar-refractivity contribution in [3.63, 3.8) is 0 Å². The molecule has 4 nitrogen and oxygen atoms in total. The first-order valence-electron chi connectivity index (χ1n) is 6.06. The molecule has 0 bridgehead atoms. The molecule has 0 aliphatic rings. The second kappa shape index (κ2) is 6.75. The highest BCUT2D eigenvalue weighted by Gasteiger charge is 2.05. The van der Waals surface area contributed by atoms with E-state index in [0.29, 0.717) is 11.8 Å². The molecular formula is C13H21NO3S. The van der Waals surface area contributed by atoms with Crippen LogP contribution in [0.15, 0.2) is 24.3 Å². The van der Waals surface area contributed by atoms with Gasteiger partial charge in [0.15, 0.2) is 9.84 Å². The molecule has 5 heteroatoms. The molecule has 0 heterocycles. The van der Waals surface area contributed by atoms with Gasteiger partial charge in [-0.3, -0.25) is 0 Å². The second-order valence-corrected chi connectivity index (χ2v) is 6.59. The number of benzene rings is 1. The molecule has 1 unspecified atom stereocenters. The van der Waals surface area contributed by atoms with Crippen LogP contribution in [0.2, 0.25) is 0 Å². The number of hydrogen-bond acceptors (Lipinski definition) is 4. The lowest BCUT2D eigenvalue weighted by Crippen LogP contribution is -2.17. The predicted molar refractivity (Wildman–Crippen MR) is 73.7 cm³/mol. The predicted octanol–water partition coefficient (Wildman–Crippen LogP) is 1.78. The minimum absolute atomic E-state index is 0.0442. The van der Waals surface area contributed by atoms with Crippen LogP contribution in [0.1, 0.15) is 25.5 Å². The Balaban J connectivity index is 2.50. The Morgan fingerprint density at radius 2 is 1.89 bits per heavy atom. The lowest BCUT2D eigenvalue weighted by molar-refractivity contribution is 0.341. The van der Waals surface area contributed by atoms with Gasteiger partial charge in [0.05, 0.1) is 5.75 Å².